The molecule has 0 heterocycles. The molecule has 0 unspecified atom stereocenters. The molecular formula is C17H19NO2S. The van der Waals surface area contributed by atoms with Crippen LogP contribution in [0.3, 0.4) is 0 Å². The highest BCUT2D eigenvalue weighted by Gasteiger charge is 2.04. The number of carbonyl (C=O) groups excluding carboxylic acids is 1. The number of benzene rings is 2. The fourth-order valence-electron chi connectivity index (χ4n) is 1.97. The second kappa shape index (κ2) is 7.86. The van der Waals surface area contributed by atoms with Gasteiger partial charge in [-0.3, -0.25) is 0 Å². The number of carbonyl (C=O) groups is 1. The first-order chi connectivity index (χ1) is 10.2. The predicted molar refractivity (Wildman–Crippen MR) is 86.5 cm³/mol. The van der Waals surface area contributed by atoms with E-state index in [0.29, 0.717) is 5.56 Å². The molecule has 0 fully saturated rings. The summed E-state index contributed by atoms with van der Waals surface area (Å²) in [6, 6.07) is 16.1. The van der Waals surface area contributed by atoms with Crippen LogP contribution in [-0.4, -0.2) is 20.1 Å². The zero-order valence-electron chi connectivity index (χ0n) is 12.3. The number of nitrogens with one attached hydrogen (secondary N) is 1. The van der Waals surface area contributed by atoms with Crippen LogP contribution in [0.15, 0.2) is 53.4 Å². The summed E-state index contributed by atoms with van der Waals surface area (Å²) < 4.78 is 4.69. The number of methoxy groups -OCH3 is 1. The van der Waals surface area contributed by atoms with Crippen LogP contribution in [0.1, 0.15) is 21.5 Å². The normalized spacial score (nSPS) is 10.4. The molecule has 0 aliphatic rings. The van der Waals surface area contributed by atoms with E-state index in [-0.39, 0.29) is 5.97 Å². The van der Waals surface area contributed by atoms with Crippen molar-refractivity contribution in [1.82, 2.24) is 5.32 Å². The van der Waals surface area contributed by atoms with Crippen LogP contribution in [-0.2, 0) is 17.0 Å². The van der Waals surface area contributed by atoms with Crippen LogP contribution < -0.4 is 5.32 Å². The van der Waals surface area contributed by atoms with E-state index in [9.17, 15) is 4.79 Å². The molecule has 1 N–H and O–H groups in total. The summed E-state index contributed by atoms with van der Waals surface area (Å²) in [7, 11) is 3.34. The van der Waals surface area contributed by atoms with E-state index >= 15 is 0 Å². The molecule has 2 aromatic carbocycles. The van der Waals surface area contributed by atoms with Crippen LogP contribution >= 0.6 is 11.8 Å². The summed E-state index contributed by atoms with van der Waals surface area (Å²) in [6.07, 6.45) is 0. The third-order valence-electron chi connectivity index (χ3n) is 3.06. The van der Waals surface area contributed by atoms with E-state index in [2.05, 4.69) is 29.6 Å². The van der Waals surface area contributed by atoms with Crippen LogP contribution in [0.25, 0.3) is 0 Å². The van der Waals surface area contributed by atoms with Crippen molar-refractivity contribution in [2.75, 3.05) is 14.2 Å². The SMILES string of the molecule is CNCc1cccc(SCc2ccc(C(=O)OC)cc2)c1. The molecule has 4 heteroatoms. The maximum Gasteiger partial charge on any atom is 0.337 e. The third-order valence-corrected chi connectivity index (χ3v) is 4.12. The van der Waals surface area contributed by atoms with E-state index < -0.39 is 0 Å². The standard InChI is InChI=1S/C17H19NO2S/c1-18-11-14-4-3-5-16(10-14)21-12-13-6-8-15(9-7-13)17(19)20-2/h3-10,18H,11-12H2,1-2H3. The van der Waals surface area contributed by atoms with Gasteiger partial charge in [0, 0.05) is 17.2 Å². The summed E-state index contributed by atoms with van der Waals surface area (Å²) in [5.41, 5.74) is 3.05. The summed E-state index contributed by atoms with van der Waals surface area (Å²) in [6.45, 7) is 0.877. The number of ether oxygens (including phenoxy) is 1. The second-order valence-corrected chi connectivity index (χ2v) is 5.70. The molecule has 0 amide bonds. The summed E-state index contributed by atoms with van der Waals surface area (Å²) in [4.78, 5) is 12.6. The number of thioether (sulfide) groups is 1. The molecular weight excluding hydrogens is 282 g/mol. The molecule has 0 saturated heterocycles. The Morgan fingerprint density at radius 3 is 2.57 bits per heavy atom. The van der Waals surface area contributed by atoms with Crippen molar-refractivity contribution in [2.45, 2.75) is 17.2 Å². The highest BCUT2D eigenvalue weighted by atomic mass is 32.2. The summed E-state index contributed by atoms with van der Waals surface area (Å²) in [5.74, 6) is 0.582. The van der Waals surface area contributed by atoms with Crippen LogP contribution in [0.2, 0.25) is 0 Å². The van der Waals surface area contributed by atoms with Crippen molar-refractivity contribution >= 4 is 17.7 Å². The van der Waals surface area contributed by atoms with Gasteiger partial charge in [0.2, 0.25) is 0 Å². The predicted octanol–water partition coefficient (Wildman–Crippen LogP) is 3.48. The number of hydrogen-bond donors (Lipinski definition) is 1. The van der Waals surface area contributed by atoms with Crippen LogP contribution in [0.5, 0.6) is 0 Å². The Kier molecular flexibility index (Phi) is 5.84. The van der Waals surface area contributed by atoms with Gasteiger partial charge < -0.3 is 10.1 Å². The highest BCUT2D eigenvalue weighted by Crippen LogP contribution is 2.23. The van der Waals surface area contributed by atoms with Gasteiger partial charge in [-0.2, -0.15) is 0 Å². The lowest BCUT2D eigenvalue weighted by molar-refractivity contribution is 0.0600. The van der Waals surface area contributed by atoms with E-state index in [0.717, 1.165) is 12.3 Å². The molecule has 0 spiro atoms. The van der Waals surface area contributed by atoms with E-state index in [1.54, 1.807) is 23.9 Å². The monoisotopic (exact) mass is 301 g/mol. The Hall–Kier alpha value is -1.78. The maximum atomic E-state index is 11.4. The minimum atomic E-state index is -0.297. The molecule has 21 heavy (non-hydrogen) atoms. The number of hydrogen-bond acceptors (Lipinski definition) is 4. The molecule has 0 aromatic heterocycles. The van der Waals surface area contributed by atoms with Gasteiger partial charge in [0.1, 0.15) is 0 Å². The van der Waals surface area contributed by atoms with Gasteiger partial charge in [-0.15, -0.1) is 11.8 Å². The van der Waals surface area contributed by atoms with E-state index in [1.807, 2.05) is 19.2 Å². The molecule has 0 aliphatic heterocycles. The minimum Gasteiger partial charge on any atom is -0.465 e. The molecule has 0 bridgehead atoms. The number of esters is 1. The molecule has 2 aromatic rings. The first-order valence-electron chi connectivity index (χ1n) is 6.76. The van der Waals surface area contributed by atoms with Gasteiger partial charge in [-0.25, -0.2) is 4.79 Å². The van der Waals surface area contributed by atoms with Crippen LogP contribution in [0.4, 0.5) is 0 Å². The second-order valence-electron chi connectivity index (χ2n) is 4.65. The number of rotatable bonds is 6. The molecule has 0 radical (unpaired) electrons. The average molecular weight is 301 g/mol. The Morgan fingerprint density at radius 2 is 1.90 bits per heavy atom. The minimum absolute atomic E-state index is 0.297. The Labute approximate surface area is 129 Å². The average Bonchev–Trinajstić information content (AvgIpc) is 2.53. The Bertz CT molecular complexity index is 596. The summed E-state index contributed by atoms with van der Waals surface area (Å²) >= 11 is 1.79. The lowest BCUT2D eigenvalue weighted by Gasteiger charge is -2.06. The zero-order valence-corrected chi connectivity index (χ0v) is 13.1. The largest absolute Gasteiger partial charge is 0.465 e. The van der Waals surface area contributed by atoms with Crippen molar-refractivity contribution in [1.29, 1.82) is 0 Å². The quantitative estimate of drug-likeness (QED) is 0.655. The van der Waals surface area contributed by atoms with Crippen molar-refractivity contribution in [3.05, 3.63) is 65.2 Å². The Morgan fingerprint density at radius 1 is 1.14 bits per heavy atom. The van der Waals surface area contributed by atoms with E-state index in [1.165, 1.54) is 23.1 Å². The van der Waals surface area contributed by atoms with Gasteiger partial charge >= 0.3 is 5.97 Å². The third kappa shape index (κ3) is 4.62. The Balaban J connectivity index is 1.96. The van der Waals surface area contributed by atoms with Crippen molar-refractivity contribution < 1.29 is 9.53 Å². The lowest BCUT2D eigenvalue weighted by Crippen LogP contribution is -2.04. The van der Waals surface area contributed by atoms with Gasteiger partial charge in [-0.1, -0.05) is 24.3 Å². The van der Waals surface area contributed by atoms with Crippen molar-refractivity contribution in [3.63, 3.8) is 0 Å². The zero-order chi connectivity index (χ0) is 15.1. The molecule has 110 valence electrons. The van der Waals surface area contributed by atoms with Crippen LogP contribution in [0, 0.1) is 0 Å². The fraction of sp³-hybridized carbons (Fsp3) is 0.235. The van der Waals surface area contributed by atoms with Gasteiger partial charge in [-0.05, 0) is 42.4 Å². The van der Waals surface area contributed by atoms with Gasteiger partial charge in [0.25, 0.3) is 0 Å². The lowest BCUT2D eigenvalue weighted by atomic mass is 10.1. The first kappa shape index (κ1) is 15.6. The molecule has 0 aliphatic carbocycles. The summed E-state index contributed by atoms with van der Waals surface area (Å²) in [5, 5.41) is 3.15. The molecule has 0 atom stereocenters. The highest BCUT2D eigenvalue weighted by molar-refractivity contribution is 7.98. The first-order valence-corrected chi connectivity index (χ1v) is 7.75. The fourth-order valence-corrected chi connectivity index (χ4v) is 2.91. The maximum absolute atomic E-state index is 11.4. The molecule has 2 rings (SSSR count). The van der Waals surface area contributed by atoms with E-state index in [4.69, 9.17) is 4.74 Å². The molecule has 3 nitrogen and oxygen atoms in total. The topological polar surface area (TPSA) is 38.3 Å². The molecule has 0 saturated carbocycles. The van der Waals surface area contributed by atoms with Crippen molar-refractivity contribution in [3.8, 4) is 0 Å². The van der Waals surface area contributed by atoms with Gasteiger partial charge in [0.15, 0.2) is 0 Å². The van der Waals surface area contributed by atoms with Crippen molar-refractivity contribution in [2.24, 2.45) is 0 Å². The smallest absolute Gasteiger partial charge is 0.337 e. The van der Waals surface area contributed by atoms with Gasteiger partial charge in [0.05, 0.1) is 12.7 Å².